The van der Waals surface area contributed by atoms with Crippen LogP contribution in [0.2, 0.25) is 0 Å². The molecule has 0 saturated heterocycles. The van der Waals surface area contributed by atoms with Crippen LogP contribution in [0.15, 0.2) is 54.9 Å². The second kappa shape index (κ2) is 8.95. The Labute approximate surface area is 131 Å². The predicted molar refractivity (Wildman–Crippen MR) is 84.1 cm³/mol. The summed E-state index contributed by atoms with van der Waals surface area (Å²) in [6, 6.07) is 13.4. The van der Waals surface area contributed by atoms with Gasteiger partial charge in [-0.15, -0.1) is 0 Å². The van der Waals surface area contributed by atoms with Gasteiger partial charge in [0.2, 0.25) is 0 Å². The molecule has 0 aliphatic heterocycles. The molecule has 0 bridgehead atoms. The number of nitrogens with zero attached hydrogens (tertiary/aromatic N) is 1. The third-order valence-corrected chi connectivity index (χ3v) is 3.20. The van der Waals surface area contributed by atoms with Crippen LogP contribution in [0.25, 0.3) is 0 Å². The summed E-state index contributed by atoms with van der Waals surface area (Å²) in [6.45, 7) is 2.82. The molecule has 22 heavy (non-hydrogen) atoms. The standard InChI is InChI=1S/C18H21NO3/c1-2-3-12-21-18(20)17(16-10-7-11-19-13-16)22-14-15-8-5-4-6-9-15/h4-11,13,17H,2-3,12,14H2,1H3. The summed E-state index contributed by atoms with van der Waals surface area (Å²) < 4.78 is 11.1. The SMILES string of the molecule is CCCCOC(=O)C(OCc1ccccc1)c1cccnc1. The molecule has 1 unspecified atom stereocenters. The van der Waals surface area contributed by atoms with Crippen molar-refractivity contribution in [2.75, 3.05) is 6.61 Å². The molecular formula is C18H21NO3. The van der Waals surface area contributed by atoms with Gasteiger partial charge in [0.15, 0.2) is 6.10 Å². The topological polar surface area (TPSA) is 48.4 Å². The minimum Gasteiger partial charge on any atom is -0.464 e. The van der Waals surface area contributed by atoms with Crippen molar-refractivity contribution in [3.8, 4) is 0 Å². The van der Waals surface area contributed by atoms with Gasteiger partial charge in [-0.3, -0.25) is 4.98 Å². The van der Waals surface area contributed by atoms with E-state index in [1.807, 2.05) is 36.4 Å². The number of unbranched alkanes of at least 4 members (excludes halogenated alkanes) is 1. The van der Waals surface area contributed by atoms with Gasteiger partial charge in [-0.1, -0.05) is 49.7 Å². The molecule has 1 aromatic heterocycles. The highest BCUT2D eigenvalue weighted by atomic mass is 16.6. The van der Waals surface area contributed by atoms with Crippen molar-refractivity contribution in [2.45, 2.75) is 32.5 Å². The largest absolute Gasteiger partial charge is 0.464 e. The Hall–Kier alpha value is -2.20. The second-order valence-electron chi connectivity index (χ2n) is 4.98. The average molecular weight is 299 g/mol. The highest BCUT2D eigenvalue weighted by molar-refractivity contribution is 5.76. The van der Waals surface area contributed by atoms with Crippen molar-refractivity contribution in [1.29, 1.82) is 0 Å². The molecule has 4 heteroatoms. The molecule has 2 rings (SSSR count). The number of esters is 1. The first-order valence-electron chi connectivity index (χ1n) is 7.53. The lowest BCUT2D eigenvalue weighted by molar-refractivity contribution is -0.158. The summed E-state index contributed by atoms with van der Waals surface area (Å²) in [5.41, 5.74) is 1.72. The molecule has 0 N–H and O–H groups in total. The lowest BCUT2D eigenvalue weighted by Crippen LogP contribution is -2.19. The maximum Gasteiger partial charge on any atom is 0.340 e. The maximum absolute atomic E-state index is 12.3. The first-order chi connectivity index (χ1) is 10.8. The van der Waals surface area contributed by atoms with E-state index >= 15 is 0 Å². The van der Waals surface area contributed by atoms with Gasteiger partial charge in [-0.2, -0.15) is 0 Å². The molecule has 0 radical (unpaired) electrons. The van der Waals surface area contributed by atoms with Crippen molar-refractivity contribution in [1.82, 2.24) is 4.98 Å². The number of carbonyl (C=O) groups excluding carboxylic acids is 1. The van der Waals surface area contributed by atoms with Crippen LogP contribution in [0.5, 0.6) is 0 Å². The van der Waals surface area contributed by atoms with Crippen LogP contribution in [-0.4, -0.2) is 17.6 Å². The molecule has 0 saturated carbocycles. The van der Waals surface area contributed by atoms with Crippen molar-refractivity contribution < 1.29 is 14.3 Å². The number of hydrogen-bond acceptors (Lipinski definition) is 4. The van der Waals surface area contributed by atoms with Gasteiger partial charge < -0.3 is 9.47 Å². The molecule has 0 aliphatic rings. The first-order valence-corrected chi connectivity index (χ1v) is 7.53. The van der Waals surface area contributed by atoms with Crippen molar-refractivity contribution in [3.63, 3.8) is 0 Å². The Kier molecular flexibility index (Phi) is 6.58. The van der Waals surface area contributed by atoms with Crippen molar-refractivity contribution in [2.24, 2.45) is 0 Å². The third kappa shape index (κ3) is 4.97. The van der Waals surface area contributed by atoms with E-state index in [-0.39, 0.29) is 5.97 Å². The van der Waals surface area contributed by atoms with E-state index in [4.69, 9.17) is 9.47 Å². The van der Waals surface area contributed by atoms with Crippen molar-refractivity contribution >= 4 is 5.97 Å². The Morgan fingerprint density at radius 2 is 2.00 bits per heavy atom. The van der Waals surface area contributed by atoms with E-state index in [1.54, 1.807) is 18.5 Å². The smallest absolute Gasteiger partial charge is 0.340 e. The number of ether oxygens (including phenoxy) is 2. The summed E-state index contributed by atoms with van der Waals surface area (Å²) in [5.74, 6) is -0.364. The van der Waals surface area contributed by atoms with E-state index in [2.05, 4.69) is 11.9 Å². The third-order valence-electron chi connectivity index (χ3n) is 3.20. The maximum atomic E-state index is 12.3. The predicted octanol–water partition coefficient (Wildman–Crippen LogP) is 3.68. The fraction of sp³-hybridized carbons (Fsp3) is 0.333. The van der Waals surface area contributed by atoms with Crippen LogP contribution in [0, 0.1) is 0 Å². The van der Waals surface area contributed by atoms with E-state index in [0.717, 1.165) is 18.4 Å². The van der Waals surface area contributed by atoms with E-state index in [0.29, 0.717) is 18.8 Å². The van der Waals surface area contributed by atoms with Gasteiger partial charge in [0.1, 0.15) is 0 Å². The Morgan fingerprint density at radius 1 is 1.18 bits per heavy atom. The minimum atomic E-state index is -0.745. The Morgan fingerprint density at radius 3 is 2.68 bits per heavy atom. The molecule has 1 heterocycles. The highest BCUT2D eigenvalue weighted by Crippen LogP contribution is 2.20. The first kappa shape index (κ1) is 16.2. The Balaban J connectivity index is 2.03. The van der Waals surface area contributed by atoms with Crippen LogP contribution in [0.3, 0.4) is 0 Å². The van der Waals surface area contributed by atoms with Crippen LogP contribution in [-0.2, 0) is 20.9 Å². The summed E-state index contributed by atoms with van der Waals surface area (Å²) in [4.78, 5) is 16.3. The molecule has 0 amide bonds. The summed E-state index contributed by atoms with van der Waals surface area (Å²) in [6.07, 6.45) is 4.39. The molecule has 116 valence electrons. The minimum absolute atomic E-state index is 0.350. The highest BCUT2D eigenvalue weighted by Gasteiger charge is 2.23. The zero-order chi connectivity index (χ0) is 15.6. The van der Waals surface area contributed by atoms with Crippen LogP contribution in [0.4, 0.5) is 0 Å². The van der Waals surface area contributed by atoms with Gasteiger partial charge in [0.25, 0.3) is 0 Å². The molecule has 0 aliphatic carbocycles. The van der Waals surface area contributed by atoms with E-state index < -0.39 is 6.10 Å². The lowest BCUT2D eigenvalue weighted by Gasteiger charge is -2.17. The van der Waals surface area contributed by atoms with Gasteiger partial charge in [-0.05, 0) is 18.1 Å². The monoisotopic (exact) mass is 299 g/mol. The van der Waals surface area contributed by atoms with E-state index in [1.165, 1.54) is 0 Å². The fourth-order valence-corrected chi connectivity index (χ4v) is 1.98. The molecular weight excluding hydrogens is 278 g/mol. The summed E-state index contributed by atoms with van der Waals surface area (Å²) in [5, 5.41) is 0. The zero-order valence-corrected chi connectivity index (χ0v) is 12.8. The second-order valence-corrected chi connectivity index (χ2v) is 4.98. The van der Waals surface area contributed by atoms with Gasteiger partial charge in [0.05, 0.1) is 13.2 Å². The number of pyridine rings is 1. The zero-order valence-electron chi connectivity index (χ0n) is 12.8. The van der Waals surface area contributed by atoms with Gasteiger partial charge in [0, 0.05) is 18.0 Å². The lowest BCUT2D eigenvalue weighted by atomic mass is 10.1. The number of aromatic nitrogens is 1. The van der Waals surface area contributed by atoms with Crippen LogP contribution >= 0.6 is 0 Å². The fourth-order valence-electron chi connectivity index (χ4n) is 1.98. The molecule has 1 aromatic carbocycles. The average Bonchev–Trinajstić information content (AvgIpc) is 2.57. The van der Waals surface area contributed by atoms with Crippen LogP contribution < -0.4 is 0 Å². The quantitative estimate of drug-likeness (QED) is 0.551. The number of carbonyl (C=O) groups is 1. The van der Waals surface area contributed by atoms with Crippen LogP contribution in [0.1, 0.15) is 37.0 Å². The molecule has 2 aromatic rings. The van der Waals surface area contributed by atoms with E-state index in [9.17, 15) is 4.79 Å². The van der Waals surface area contributed by atoms with Gasteiger partial charge >= 0.3 is 5.97 Å². The molecule has 4 nitrogen and oxygen atoms in total. The molecule has 1 atom stereocenters. The molecule has 0 fully saturated rings. The normalized spacial score (nSPS) is 11.9. The number of rotatable bonds is 8. The number of benzene rings is 1. The number of hydrogen-bond donors (Lipinski definition) is 0. The molecule has 0 spiro atoms. The summed E-state index contributed by atoms with van der Waals surface area (Å²) in [7, 11) is 0. The summed E-state index contributed by atoms with van der Waals surface area (Å²) >= 11 is 0. The Bertz CT molecular complexity index is 557. The van der Waals surface area contributed by atoms with Crippen molar-refractivity contribution in [3.05, 3.63) is 66.0 Å². The van der Waals surface area contributed by atoms with Gasteiger partial charge in [-0.25, -0.2) is 4.79 Å².